The average Bonchev–Trinajstić information content (AvgIpc) is 3.17. The third kappa shape index (κ3) is 4.45. The number of hydrogen-bond acceptors (Lipinski definition) is 5. The Labute approximate surface area is 175 Å². The minimum Gasteiger partial charge on any atom is -0.345 e. The molecule has 0 radical (unpaired) electrons. The van der Waals surface area contributed by atoms with Crippen LogP contribution in [-0.2, 0) is 28.9 Å². The van der Waals surface area contributed by atoms with E-state index >= 15 is 0 Å². The highest BCUT2D eigenvalue weighted by atomic mass is 32.1. The minimum absolute atomic E-state index is 0.00403. The molecule has 1 aromatic carbocycles. The number of hydrogen-bond donors (Lipinski definition) is 1. The molecule has 2 heterocycles. The molecule has 7 heteroatoms. The van der Waals surface area contributed by atoms with Crippen LogP contribution in [-0.4, -0.2) is 47.9 Å². The lowest BCUT2D eigenvalue weighted by Gasteiger charge is -2.33. The van der Waals surface area contributed by atoms with E-state index in [1.165, 1.54) is 10.4 Å². The van der Waals surface area contributed by atoms with E-state index in [0.717, 1.165) is 68.4 Å². The van der Waals surface area contributed by atoms with Crippen molar-refractivity contribution in [3.63, 3.8) is 0 Å². The minimum atomic E-state index is -0.00403. The van der Waals surface area contributed by atoms with Gasteiger partial charge in [0.1, 0.15) is 0 Å². The standard InChI is InChI=1S/C22H28N4O2S/c1-3-16-5-4-6-18(13-16)23-21(28)17-7-8-19-20(14-17)29-22(24-19)26-11-9-25(10-12-26)15(2)27/h4-6,13,17H,3,7-12,14H2,1-2H3,(H,23,28)/t17-/m0/s1. The molecule has 1 aromatic heterocycles. The highest BCUT2D eigenvalue weighted by Crippen LogP contribution is 2.35. The second-order valence-electron chi connectivity index (χ2n) is 7.84. The molecule has 2 amide bonds. The van der Waals surface area contributed by atoms with E-state index in [9.17, 15) is 9.59 Å². The van der Waals surface area contributed by atoms with Crippen molar-refractivity contribution in [2.75, 3.05) is 36.4 Å². The first kappa shape index (κ1) is 19.9. The molecule has 0 saturated carbocycles. The Kier molecular flexibility index (Phi) is 5.85. The summed E-state index contributed by atoms with van der Waals surface area (Å²) in [5.41, 5.74) is 3.26. The Bertz CT molecular complexity index is 902. The average molecular weight is 413 g/mol. The summed E-state index contributed by atoms with van der Waals surface area (Å²) >= 11 is 1.72. The number of rotatable bonds is 4. The highest BCUT2D eigenvalue weighted by molar-refractivity contribution is 7.15. The normalized spacial score (nSPS) is 19.0. The van der Waals surface area contributed by atoms with Crippen molar-refractivity contribution in [3.8, 4) is 0 Å². The van der Waals surface area contributed by atoms with E-state index in [4.69, 9.17) is 4.98 Å². The fourth-order valence-electron chi connectivity index (χ4n) is 4.05. The van der Waals surface area contributed by atoms with Crippen molar-refractivity contribution in [3.05, 3.63) is 40.4 Å². The zero-order valence-corrected chi connectivity index (χ0v) is 17.9. The number of aryl methyl sites for hydroxylation is 2. The largest absolute Gasteiger partial charge is 0.345 e. The summed E-state index contributed by atoms with van der Waals surface area (Å²) in [5.74, 6) is 0.242. The molecular weight excluding hydrogens is 384 g/mol. The first-order chi connectivity index (χ1) is 14.0. The van der Waals surface area contributed by atoms with Crippen molar-refractivity contribution >= 4 is 34.0 Å². The maximum atomic E-state index is 12.8. The summed E-state index contributed by atoms with van der Waals surface area (Å²) in [7, 11) is 0. The fourth-order valence-corrected chi connectivity index (χ4v) is 5.28. The number of piperazine rings is 1. The summed E-state index contributed by atoms with van der Waals surface area (Å²) in [6, 6.07) is 8.08. The third-order valence-corrected chi connectivity index (χ3v) is 7.08. The van der Waals surface area contributed by atoms with Gasteiger partial charge in [0.05, 0.1) is 5.69 Å². The number of thiazole rings is 1. The first-order valence-electron chi connectivity index (χ1n) is 10.4. The van der Waals surface area contributed by atoms with E-state index in [2.05, 4.69) is 29.3 Å². The monoisotopic (exact) mass is 412 g/mol. The van der Waals surface area contributed by atoms with Gasteiger partial charge in [0.15, 0.2) is 5.13 Å². The van der Waals surface area contributed by atoms with Crippen LogP contribution in [0, 0.1) is 5.92 Å². The van der Waals surface area contributed by atoms with E-state index < -0.39 is 0 Å². The fraction of sp³-hybridized carbons (Fsp3) is 0.500. The van der Waals surface area contributed by atoms with Gasteiger partial charge >= 0.3 is 0 Å². The number of aromatic nitrogens is 1. The molecule has 6 nitrogen and oxygen atoms in total. The van der Waals surface area contributed by atoms with Crippen molar-refractivity contribution in [1.29, 1.82) is 0 Å². The zero-order valence-electron chi connectivity index (χ0n) is 17.1. The predicted molar refractivity (Wildman–Crippen MR) is 117 cm³/mol. The summed E-state index contributed by atoms with van der Waals surface area (Å²) in [4.78, 5) is 34.6. The summed E-state index contributed by atoms with van der Waals surface area (Å²) in [5, 5.41) is 4.14. The second kappa shape index (κ2) is 8.53. The van der Waals surface area contributed by atoms with Gasteiger partial charge in [-0.3, -0.25) is 9.59 Å². The summed E-state index contributed by atoms with van der Waals surface area (Å²) in [6.07, 6.45) is 3.42. The van der Waals surface area contributed by atoms with Crippen LogP contribution in [0.2, 0.25) is 0 Å². The Morgan fingerprint density at radius 3 is 2.76 bits per heavy atom. The number of carbonyl (C=O) groups excluding carboxylic acids is 2. The van der Waals surface area contributed by atoms with Crippen LogP contribution in [0.5, 0.6) is 0 Å². The maximum Gasteiger partial charge on any atom is 0.227 e. The molecule has 1 fully saturated rings. The van der Waals surface area contributed by atoms with E-state index in [0.29, 0.717) is 0 Å². The maximum absolute atomic E-state index is 12.8. The number of nitrogens with one attached hydrogen (secondary N) is 1. The van der Waals surface area contributed by atoms with Crippen molar-refractivity contribution in [2.45, 2.75) is 39.5 Å². The summed E-state index contributed by atoms with van der Waals surface area (Å²) < 4.78 is 0. The molecule has 2 aromatic rings. The molecule has 154 valence electrons. The molecule has 1 aliphatic carbocycles. The SMILES string of the molecule is CCc1cccc(NC(=O)[C@H]2CCc3nc(N4CCN(C(C)=O)CC4)sc3C2)c1. The van der Waals surface area contributed by atoms with Gasteiger partial charge in [0, 0.05) is 49.6 Å². The van der Waals surface area contributed by atoms with Crippen molar-refractivity contribution < 1.29 is 9.59 Å². The molecule has 0 spiro atoms. The van der Waals surface area contributed by atoms with Crippen LogP contribution in [0.4, 0.5) is 10.8 Å². The van der Waals surface area contributed by atoms with Gasteiger partial charge in [0.2, 0.25) is 11.8 Å². The molecular formula is C22H28N4O2S. The second-order valence-corrected chi connectivity index (χ2v) is 8.90. The molecule has 4 rings (SSSR count). The molecule has 1 N–H and O–H groups in total. The van der Waals surface area contributed by atoms with E-state index in [-0.39, 0.29) is 17.7 Å². The number of carbonyl (C=O) groups is 2. The Morgan fingerprint density at radius 2 is 2.03 bits per heavy atom. The highest BCUT2D eigenvalue weighted by Gasteiger charge is 2.29. The molecule has 0 unspecified atom stereocenters. The Hall–Kier alpha value is -2.41. The molecule has 2 aliphatic rings. The van der Waals surface area contributed by atoms with Gasteiger partial charge in [0.25, 0.3) is 0 Å². The van der Waals surface area contributed by atoms with Crippen LogP contribution < -0.4 is 10.2 Å². The molecule has 1 aliphatic heterocycles. The number of fused-ring (bicyclic) bond motifs is 1. The third-order valence-electron chi connectivity index (χ3n) is 5.90. The Morgan fingerprint density at radius 1 is 1.24 bits per heavy atom. The van der Waals surface area contributed by atoms with Gasteiger partial charge in [-0.25, -0.2) is 4.98 Å². The lowest BCUT2D eigenvalue weighted by molar-refractivity contribution is -0.129. The van der Waals surface area contributed by atoms with E-state index in [1.54, 1.807) is 18.3 Å². The van der Waals surface area contributed by atoms with Gasteiger partial charge in [-0.15, -0.1) is 11.3 Å². The predicted octanol–water partition coefficient (Wildman–Crippen LogP) is 3.12. The number of benzene rings is 1. The molecule has 1 atom stereocenters. The van der Waals surface area contributed by atoms with Crippen LogP contribution in [0.25, 0.3) is 0 Å². The lowest BCUT2D eigenvalue weighted by Crippen LogP contribution is -2.48. The number of anilines is 2. The van der Waals surface area contributed by atoms with Crippen molar-refractivity contribution in [1.82, 2.24) is 9.88 Å². The van der Waals surface area contributed by atoms with Crippen LogP contribution >= 0.6 is 11.3 Å². The number of nitrogens with zero attached hydrogens (tertiary/aromatic N) is 3. The molecule has 1 saturated heterocycles. The molecule has 0 bridgehead atoms. The van der Waals surface area contributed by atoms with Gasteiger partial charge < -0.3 is 15.1 Å². The lowest BCUT2D eigenvalue weighted by atomic mass is 9.90. The smallest absolute Gasteiger partial charge is 0.227 e. The molecule has 29 heavy (non-hydrogen) atoms. The van der Waals surface area contributed by atoms with Crippen LogP contribution in [0.3, 0.4) is 0 Å². The first-order valence-corrected chi connectivity index (χ1v) is 11.2. The zero-order chi connectivity index (χ0) is 20.4. The van der Waals surface area contributed by atoms with Crippen LogP contribution in [0.1, 0.15) is 36.4 Å². The topological polar surface area (TPSA) is 65.5 Å². The van der Waals surface area contributed by atoms with Crippen molar-refractivity contribution in [2.24, 2.45) is 5.92 Å². The number of amides is 2. The van der Waals surface area contributed by atoms with Gasteiger partial charge in [-0.05, 0) is 43.4 Å². The van der Waals surface area contributed by atoms with Crippen LogP contribution in [0.15, 0.2) is 24.3 Å². The Balaban J connectivity index is 1.38. The van der Waals surface area contributed by atoms with E-state index in [1.807, 2.05) is 17.0 Å². The summed E-state index contributed by atoms with van der Waals surface area (Å²) in [6.45, 7) is 6.89. The van der Waals surface area contributed by atoms with Gasteiger partial charge in [-0.1, -0.05) is 19.1 Å². The van der Waals surface area contributed by atoms with Gasteiger partial charge in [-0.2, -0.15) is 0 Å². The quantitative estimate of drug-likeness (QED) is 0.838.